The molecule has 1 aromatic rings. The Hall–Kier alpha value is -0.960. The van der Waals surface area contributed by atoms with Gasteiger partial charge in [0.2, 0.25) is 5.91 Å². The number of carbonyl (C=O) groups is 1. The molecule has 0 bridgehead atoms. The van der Waals surface area contributed by atoms with Crippen LogP contribution in [-0.2, 0) is 4.79 Å². The van der Waals surface area contributed by atoms with Crippen molar-refractivity contribution in [2.75, 3.05) is 18.8 Å². The number of likely N-dealkylation sites (tertiary alicyclic amines) is 1. The quantitative estimate of drug-likeness (QED) is 0.820. The van der Waals surface area contributed by atoms with E-state index in [2.05, 4.69) is 50.7 Å². The first kappa shape index (κ1) is 14.4. The number of thiol groups is 1. The van der Waals surface area contributed by atoms with Crippen molar-refractivity contribution >= 4 is 18.5 Å². The van der Waals surface area contributed by atoms with Crippen molar-refractivity contribution in [3.05, 3.63) is 35.9 Å². The van der Waals surface area contributed by atoms with Crippen molar-refractivity contribution in [3.63, 3.8) is 0 Å². The summed E-state index contributed by atoms with van der Waals surface area (Å²) in [6.07, 6.45) is 0.714. The number of amides is 1. The number of rotatable bonds is 5. The zero-order valence-corrected chi connectivity index (χ0v) is 12.6. The number of hydrogen-bond donors (Lipinski definition) is 1. The summed E-state index contributed by atoms with van der Waals surface area (Å²) in [4.78, 5) is 14.1. The molecular weight excluding hydrogens is 254 g/mol. The van der Waals surface area contributed by atoms with Crippen molar-refractivity contribution in [2.24, 2.45) is 11.8 Å². The molecule has 1 amide bonds. The zero-order chi connectivity index (χ0) is 13.8. The highest BCUT2D eigenvalue weighted by molar-refractivity contribution is 7.80. The van der Waals surface area contributed by atoms with Crippen LogP contribution in [0.1, 0.15) is 31.7 Å². The molecule has 0 aromatic heterocycles. The van der Waals surface area contributed by atoms with Gasteiger partial charge in [-0.2, -0.15) is 12.6 Å². The van der Waals surface area contributed by atoms with E-state index in [0.29, 0.717) is 30.1 Å². The standard InChI is InChI=1S/C16H23NOS/c1-12(2)14-8-16(18)17(9-14)10-15(11-19)13-6-4-3-5-7-13/h3-7,12,14-15,19H,8-11H2,1-2H3. The monoisotopic (exact) mass is 277 g/mol. The number of carbonyl (C=O) groups excluding carboxylic acids is 1. The average Bonchev–Trinajstić information content (AvgIpc) is 2.78. The van der Waals surface area contributed by atoms with Gasteiger partial charge in [-0.1, -0.05) is 44.2 Å². The molecule has 0 aliphatic carbocycles. The summed E-state index contributed by atoms with van der Waals surface area (Å²) in [6.45, 7) is 6.12. The van der Waals surface area contributed by atoms with E-state index in [4.69, 9.17) is 0 Å². The van der Waals surface area contributed by atoms with Crippen LogP contribution in [0.2, 0.25) is 0 Å². The van der Waals surface area contributed by atoms with E-state index in [1.807, 2.05) is 11.0 Å². The van der Waals surface area contributed by atoms with Crippen LogP contribution < -0.4 is 0 Å². The van der Waals surface area contributed by atoms with Gasteiger partial charge in [-0.05, 0) is 23.2 Å². The topological polar surface area (TPSA) is 20.3 Å². The Labute approximate surface area is 121 Å². The average molecular weight is 277 g/mol. The second kappa shape index (κ2) is 6.47. The minimum atomic E-state index is 0.307. The summed E-state index contributed by atoms with van der Waals surface area (Å²) < 4.78 is 0. The zero-order valence-electron chi connectivity index (χ0n) is 11.7. The number of benzene rings is 1. The molecular formula is C16H23NOS. The van der Waals surface area contributed by atoms with E-state index in [-0.39, 0.29) is 0 Å². The molecule has 1 heterocycles. The first-order valence-electron chi connectivity index (χ1n) is 7.05. The maximum Gasteiger partial charge on any atom is 0.222 e. The lowest BCUT2D eigenvalue weighted by Gasteiger charge is -2.24. The third-order valence-electron chi connectivity index (χ3n) is 4.12. The van der Waals surface area contributed by atoms with Gasteiger partial charge in [-0.15, -0.1) is 0 Å². The Morgan fingerprint density at radius 1 is 1.32 bits per heavy atom. The molecule has 2 atom stereocenters. The predicted octanol–water partition coefficient (Wildman–Crippen LogP) is 3.20. The van der Waals surface area contributed by atoms with Crippen LogP contribution in [0.15, 0.2) is 30.3 Å². The molecule has 0 radical (unpaired) electrons. The van der Waals surface area contributed by atoms with Gasteiger partial charge in [0.15, 0.2) is 0 Å². The molecule has 0 spiro atoms. The third-order valence-corrected chi connectivity index (χ3v) is 4.56. The van der Waals surface area contributed by atoms with Crippen molar-refractivity contribution in [1.29, 1.82) is 0 Å². The summed E-state index contributed by atoms with van der Waals surface area (Å²) in [7, 11) is 0. The first-order valence-corrected chi connectivity index (χ1v) is 7.68. The highest BCUT2D eigenvalue weighted by atomic mass is 32.1. The van der Waals surface area contributed by atoms with Gasteiger partial charge in [-0.3, -0.25) is 4.79 Å². The number of nitrogens with zero attached hydrogens (tertiary/aromatic N) is 1. The van der Waals surface area contributed by atoms with Crippen molar-refractivity contribution in [2.45, 2.75) is 26.2 Å². The Kier molecular flexibility index (Phi) is 4.92. The minimum absolute atomic E-state index is 0.307. The summed E-state index contributed by atoms with van der Waals surface area (Å²) in [5, 5.41) is 0. The number of hydrogen-bond acceptors (Lipinski definition) is 2. The Morgan fingerprint density at radius 2 is 2.00 bits per heavy atom. The summed E-state index contributed by atoms with van der Waals surface area (Å²) in [6, 6.07) is 10.4. The van der Waals surface area contributed by atoms with E-state index in [1.54, 1.807) is 0 Å². The van der Waals surface area contributed by atoms with Crippen molar-refractivity contribution < 1.29 is 4.79 Å². The van der Waals surface area contributed by atoms with Crippen LogP contribution in [0, 0.1) is 11.8 Å². The van der Waals surface area contributed by atoms with E-state index in [1.165, 1.54) is 5.56 Å². The van der Waals surface area contributed by atoms with Crippen LogP contribution in [0.4, 0.5) is 0 Å². The first-order chi connectivity index (χ1) is 9.11. The molecule has 0 N–H and O–H groups in total. The molecule has 19 heavy (non-hydrogen) atoms. The molecule has 1 aliphatic heterocycles. The summed E-state index contributed by atoms with van der Waals surface area (Å²) >= 11 is 4.45. The molecule has 3 heteroatoms. The van der Waals surface area contributed by atoms with E-state index >= 15 is 0 Å². The third kappa shape index (κ3) is 3.53. The smallest absolute Gasteiger partial charge is 0.222 e. The fourth-order valence-electron chi connectivity index (χ4n) is 2.69. The fraction of sp³-hybridized carbons (Fsp3) is 0.562. The largest absolute Gasteiger partial charge is 0.342 e. The maximum absolute atomic E-state index is 12.1. The van der Waals surface area contributed by atoms with Crippen LogP contribution in [0.25, 0.3) is 0 Å². The van der Waals surface area contributed by atoms with E-state index in [9.17, 15) is 4.79 Å². The van der Waals surface area contributed by atoms with Gasteiger partial charge < -0.3 is 4.90 Å². The predicted molar refractivity (Wildman–Crippen MR) is 82.6 cm³/mol. The van der Waals surface area contributed by atoms with E-state index in [0.717, 1.165) is 18.8 Å². The molecule has 1 saturated heterocycles. The lowest BCUT2D eigenvalue weighted by molar-refractivity contribution is -0.127. The molecule has 104 valence electrons. The van der Waals surface area contributed by atoms with Gasteiger partial charge in [0.25, 0.3) is 0 Å². The molecule has 1 aliphatic rings. The molecule has 2 rings (SSSR count). The molecule has 0 saturated carbocycles. The highest BCUT2D eigenvalue weighted by Crippen LogP contribution is 2.27. The van der Waals surface area contributed by atoms with E-state index < -0.39 is 0 Å². The molecule has 2 unspecified atom stereocenters. The lowest BCUT2D eigenvalue weighted by Crippen LogP contribution is -2.31. The highest BCUT2D eigenvalue weighted by Gasteiger charge is 2.32. The SMILES string of the molecule is CC(C)C1CC(=O)N(CC(CS)c2ccccc2)C1. The van der Waals surface area contributed by atoms with Gasteiger partial charge in [0.05, 0.1) is 0 Å². The molecule has 2 nitrogen and oxygen atoms in total. The fourth-order valence-corrected chi connectivity index (χ4v) is 3.01. The second-order valence-electron chi connectivity index (χ2n) is 5.80. The van der Waals surface area contributed by atoms with Crippen LogP contribution >= 0.6 is 12.6 Å². The minimum Gasteiger partial charge on any atom is -0.342 e. The summed E-state index contributed by atoms with van der Waals surface area (Å²) in [5.41, 5.74) is 1.28. The summed E-state index contributed by atoms with van der Waals surface area (Å²) in [5.74, 6) is 2.52. The van der Waals surface area contributed by atoms with Gasteiger partial charge in [-0.25, -0.2) is 0 Å². The normalized spacial score (nSPS) is 21.2. The maximum atomic E-state index is 12.1. The van der Waals surface area contributed by atoms with Crippen molar-refractivity contribution in [1.82, 2.24) is 4.90 Å². The van der Waals surface area contributed by atoms with Gasteiger partial charge >= 0.3 is 0 Å². The Balaban J connectivity index is 2.02. The van der Waals surface area contributed by atoms with Crippen LogP contribution in [0.5, 0.6) is 0 Å². The van der Waals surface area contributed by atoms with Crippen LogP contribution in [0.3, 0.4) is 0 Å². The van der Waals surface area contributed by atoms with Gasteiger partial charge in [0.1, 0.15) is 0 Å². The Morgan fingerprint density at radius 3 is 2.53 bits per heavy atom. The van der Waals surface area contributed by atoms with Crippen molar-refractivity contribution in [3.8, 4) is 0 Å². The lowest BCUT2D eigenvalue weighted by atomic mass is 9.95. The van der Waals surface area contributed by atoms with Gasteiger partial charge in [0, 0.05) is 25.4 Å². The van der Waals surface area contributed by atoms with Crippen LogP contribution in [-0.4, -0.2) is 29.6 Å². The second-order valence-corrected chi connectivity index (χ2v) is 6.16. The Bertz CT molecular complexity index is 418. The molecule has 1 fully saturated rings. The molecule has 1 aromatic carbocycles.